The molecule has 0 fully saturated rings. The summed E-state index contributed by atoms with van der Waals surface area (Å²) in [6, 6.07) is 14.4. The summed E-state index contributed by atoms with van der Waals surface area (Å²) in [5.41, 5.74) is 14.1. The number of halogens is 2. The van der Waals surface area contributed by atoms with Gasteiger partial charge in [0.05, 0.1) is 11.4 Å². The third-order valence-electron chi connectivity index (χ3n) is 2.07. The quantitative estimate of drug-likeness (QED) is 0.643. The highest BCUT2D eigenvalue weighted by Crippen LogP contribution is 2.19. The molecule has 96 valence electrons. The van der Waals surface area contributed by atoms with Crippen LogP contribution in [0.2, 0.25) is 0 Å². The Hall–Kier alpha value is -1.78. The molecule has 0 aliphatic heterocycles. The van der Waals surface area contributed by atoms with Crippen LogP contribution in [0.4, 0.5) is 22.7 Å². The van der Waals surface area contributed by atoms with E-state index in [9.17, 15) is 0 Å². The van der Waals surface area contributed by atoms with Gasteiger partial charge in [-0.25, -0.2) is 0 Å². The molecular formula is C12H14Cl2N4. The van der Waals surface area contributed by atoms with Crippen molar-refractivity contribution in [2.45, 2.75) is 0 Å². The Morgan fingerprint density at radius 2 is 0.833 bits per heavy atom. The zero-order chi connectivity index (χ0) is 11.4. The second kappa shape index (κ2) is 7.53. The highest BCUT2D eigenvalue weighted by atomic mass is 35.5. The summed E-state index contributed by atoms with van der Waals surface area (Å²) < 4.78 is 0. The predicted octanol–water partition coefficient (Wildman–Crippen LogP) is 4.11. The van der Waals surface area contributed by atoms with E-state index in [2.05, 4.69) is 10.2 Å². The third-order valence-corrected chi connectivity index (χ3v) is 2.07. The van der Waals surface area contributed by atoms with Crippen molar-refractivity contribution >= 4 is 47.6 Å². The molecule has 0 radical (unpaired) electrons. The second-order valence-corrected chi connectivity index (χ2v) is 3.38. The lowest BCUT2D eigenvalue weighted by molar-refractivity contribution is 1.23. The van der Waals surface area contributed by atoms with E-state index in [1.54, 1.807) is 24.3 Å². The van der Waals surface area contributed by atoms with Crippen molar-refractivity contribution in [3.8, 4) is 0 Å². The van der Waals surface area contributed by atoms with Gasteiger partial charge >= 0.3 is 0 Å². The van der Waals surface area contributed by atoms with E-state index in [0.29, 0.717) is 11.4 Å². The average Bonchev–Trinajstić information content (AvgIpc) is 2.30. The van der Waals surface area contributed by atoms with Crippen molar-refractivity contribution in [1.29, 1.82) is 0 Å². The molecule has 2 aromatic rings. The van der Waals surface area contributed by atoms with Crippen LogP contribution in [0, 0.1) is 0 Å². The number of azo groups is 1. The van der Waals surface area contributed by atoms with Crippen molar-refractivity contribution < 1.29 is 0 Å². The molecule has 6 heteroatoms. The molecule has 2 aromatic carbocycles. The Kier molecular flexibility index (Phi) is 6.78. The average molecular weight is 285 g/mol. The maximum Gasteiger partial charge on any atom is 0.0858 e. The Morgan fingerprint density at radius 1 is 0.556 bits per heavy atom. The lowest BCUT2D eigenvalue weighted by atomic mass is 10.3. The van der Waals surface area contributed by atoms with Crippen molar-refractivity contribution in [2.24, 2.45) is 10.2 Å². The molecule has 0 bridgehead atoms. The fourth-order valence-corrected chi connectivity index (χ4v) is 1.20. The standard InChI is InChI=1S/C12H12N4.2ClH/c13-9-1-5-11(6-2-9)15-16-12-7-3-10(14)4-8-12;;/h1-8H,13-14H2;2*1H/b16-15+;;. The Labute approximate surface area is 118 Å². The molecular weight excluding hydrogens is 271 g/mol. The highest BCUT2D eigenvalue weighted by molar-refractivity contribution is 5.85. The molecule has 2 rings (SSSR count). The van der Waals surface area contributed by atoms with E-state index in [4.69, 9.17) is 11.5 Å². The number of nitrogens with zero attached hydrogens (tertiary/aromatic N) is 2. The summed E-state index contributed by atoms with van der Waals surface area (Å²) in [6.45, 7) is 0. The summed E-state index contributed by atoms with van der Waals surface area (Å²) in [7, 11) is 0. The summed E-state index contributed by atoms with van der Waals surface area (Å²) >= 11 is 0. The molecule has 0 aliphatic carbocycles. The van der Waals surface area contributed by atoms with E-state index in [1.165, 1.54) is 0 Å². The minimum Gasteiger partial charge on any atom is -0.399 e. The Bertz CT molecular complexity index is 447. The summed E-state index contributed by atoms with van der Waals surface area (Å²) in [4.78, 5) is 0. The summed E-state index contributed by atoms with van der Waals surface area (Å²) in [6.07, 6.45) is 0. The second-order valence-electron chi connectivity index (χ2n) is 3.38. The molecule has 18 heavy (non-hydrogen) atoms. The fraction of sp³-hybridized carbons (Fsp3) is 0. The number of hydrogen-bond acceptors (Lipinski definition) is 4. The van der Waals surface area contributed by atoms with Gasteiger partial charge in [-0.15, -0.1) is 24.8 Å². The third kappa shape index (κ3) is 4.61. The molecule has 0 unspecified atom stereocenters. The smallest absolute Gasteiger partial charge is 0.0858 e. The van der Waals surface area contributed by atoms with Gasteiger partial charge in [0.2, 0.25) is 0 Å². The van der Waals surface area contributed by atoms with Gasteiger partial charge in [-0.2, -0.15) is 10.2 Å². The Morgan fingerprint density at radius 3 is 1.11 bits per heavy atom. The first-order valence-corrected chi connectivity index (χ1v) is 4.87. The van der Waals surface area contributed by atoms with Crippen molar-refractivity contribution in [3.63, 3.8) is 0 Å². The number of nitrogen functional groups attached to an aromatic ring is 2. The molecule has 0 aromatic heterocycles. The van der Waals surface area contributed by atoms with Crippen LogP contribution in [-0.2, 0) is 0 Å². The van der Waals surface area contributed by atoms with E-state index in [0.717, 1.165) is 11.4 Å². The zero-order valence-electron chi connectivity index (χ0n) is 9.48. The lowest BCUT2D eigenvalue weighted by Gasteiger charge is -1.95. The van der Waals surface area contributed by atoms with Gasteiger partial charge in [0.15, 0.2) is 0 Å². The first kappa shape index (κ1) is 16.2. The minimum absolute atomic E-state index is 0. The maximum atomic E-state index is 5.56. The zero-order valence-corrected chi connectivity index (χ0v) is 11.1. The molecule has 4 N–H and O–H groups in total. The summed E-state index contributed by atoms with van der Waals surface area (Å²) in [5, 5.41) is 8.15. The molecule has 4 nitrogen and oxygen atoms in total. The molecule has 0 aliphatic rings. The van der Waals surface area contributed by atoms with E-state index < -0.39 is 0 Å². The van der Waals surface area contributed by atoms with E-state index in [1.807, 2.05) is 24.3 Å². The SMILES string of the molecule is Cl.Cl.Nc1ccc(/N=N/c2ccc(N)cc2)cc1. The number of nitrogens with two attached hydrogens (primary N) is 2. The number of benzene rings is 2. The first-order valence-electron chi connectivity index (χ1n) is 4.87. The van der Waals surface area contributed by atoms with Crippen LogP contribution < -0.4 is 11.5 Å². The van der Waals surface area contributed by atoms with Gasteiger partial charge in [-0.05, 0) is 48.5 Å². The van der Waals surface area contributed by atoms with Crippen molar-refractivity contribution in [3.05, 3.63) is 48.5 Å². The normalized spacial score (nSPS) is 9.56. The van der Waals surface area contributed by atoms with Gasteiger partial charge in [-0.3, -0.25) is 0 Å². The van der Waals surface area contributed by atoms with Crippen LogP contribution in [0.15, 0.2) is 58.8 Å². The van der Waals surface area contributed by atoms with Gasteiger partial charge in [0.1, 0.15) is 0 Å². The number of rotatable bonds is 2. The van der Waals surface area contributed by atoms with Crippen LogP contribution >= 0.6 is 24.8 Å². The van der Waals surface area contributed by atoms with Crippen molar-refractivity contribution in [2.75, 3.05) is 11.5 Å². The van der Waals surface area contributed by atoms with Gasteiger partial charge in [-0.1, -0.05) is 0 Å². The maximum absolute atomic E-state index is 5.56. The number of anilines is 2. The largest absolute Gasteiger partial charge is 0.399 e. The van der Waals surface area contributed by atoms with Crippen LogP contribution in [-0.4, -0.2) is 0 Å². The molecule has 0 atom stereocenters. The lowest BCUT2D eigenvalue weighted by Crippen LogP contribution is -1.81. The van der Waals surface area contributed by atoms with Gasteiger partial charge < -0.3 is 11.5 Å². The van der Waals surface area contributed by atoms with Crippen LogP contribution in [0.1, 0.15) is 0 Å². The van der Waals surface area contributed by atoms with Crippen LogP contribution in [0.3, 0.4) is 0 Å². The monoisotopic (exact) mass is 284 g/mol. The molecule has 0 saturated carbocycles. The fourth-order valence-electron chi connectivity index (χ4n) is 1.20. The van der Waals surface area contributed by atoms with Crippen LogP contribution in [0.25, 0.3) is 0 Å². The van der Waals surface area contributed by atoms with Gasteiger partial charge in [0, 0.05) is 11.4 Å². The summed E-state index contributed by atoms with van der Waals surface area (Å²) in [5.74, 6) is 0. The molecule has 0 spiro atoms. The van der Waals surface area contributed by atoms with Gasteiger partial charge in [0.25, 0.3) is 0 Å². The molecule has 0 amide bonds. The Balaban J connectivity index is 0.00000144. The van der Waals surface area contributed by atoms with Crippen molar-refractivity contribution in [1.82, 2.24) is 0 Å². The van der Waals surface area contributed by atoms with Crippen LogP contribution in [0.5, 0.6) is 0 Å². The predicted molar refractivity (Wildman–Crippen MR) is 80.4 cm³/mol. The van der Waals surface area contributed by atoms with E-state index in [-0.39, 0.29) is 24.8 Å². The minimum atomic E-state index is 0. The number of hydrogen-bond donors (Lipinski definition) is 2. The molecule has 0 saturated heterocycles. The highest BCUT2D eigenvalue weighted by Gasteiger charge is 1.91. The first-order chi connectivity index (χ1) is 7.74. The molecule has 0 heterocycles. The van der Waals surface area contributed by atoms with E-state index >= 15 is 0 Å². The topological polar surface area (TPSA) is 76.8 Å².